The van der Waals surface area contributed by atoms with Crippen molar-refractivity contribution in [3.05, 3.63) is 71.6 Å². The highest BCUT2D eigenvalue weighted by atomic mass is 19.1. The van der Waals surface area contributed by atoms with Crippen LogP contribution in [-0.4, -0.2) is 28.6 Å². The molecule has 142 valence electrons. The molecule has 3 aromatic rings. The molecule has 1 aliphatic rings. The van der Waals surface area contributed by atoms with Gasteiger partial charge in [-0.2, -0.15) is 0 Å². The van der Waals surface area contributed by atoms with Gasteiger partial charge in [0.1, 0.15) is 11.6 Å². The van der Waals surface area contributed by atoms with E-state index in [1.165, 1.54) is 53.4 Å². The van der Waals surface area contributed by atoms with E-state index in [9.17, 15) is 18.4 Å². The third kappa shape index (κ3) is 3.59. The molecule has 0 saturated carbocycles. The van der Waals surface area contributed by atoms with Gasteiger partial charge >= 0.3 is 6.01 Å². The number of halogens is 2. The standard InChI is InChI=1S/C19H14F2N4O3/c20-13-3-1-11(2-4-13)17(27)22-19-24-23-18(28-19)12-9-16(26)25(10-12)15-7-5-14(21)6-8-15/h1-8,12H,9-10H2,(H,22,24,27)/t12-/m0/s1. The first-order valence-corrected chi connectivity index (χ1v) is 8.46. The maximum Gasteiger partial charge on any atom is 0.322 e. The van der Waals surface area contributed by atoms with Gasteiger partial charge in [-0.15, -0.1) is 5.10 Å². The summed E-state index contributed by atoms with van der Waals surface area (Å²) in [6, 6.07) is 10.5. The highest BCUT2D eigenvalue weighted by Gasteiger charge is 2.35. The van der Waals surface area contributed by atoms with Gasteiger partial charge in [-0.1, -0.05) is 5.10 Å². The first kappa shape index (κ1) is 17.8. The summed E-state index contributed by atoms with van der Waals surface area (Å²) in [7, 11) is 0. The second-order valence-electron chi connectivity index (χ2n) is 6.29. The number of aromatic nitrogens is 2. The van der Waals surface area contributed by atoms with Gasteiger partial charge in [-0.3, -0.25) is 14.9 Å². The van der Waals surface area contributed by atoms with Crippen molar-refractivity contribution in [1.29, 1.82) is 0 Å². The summed E-state index contributed by atoms with van der Waals surface area (Å²) in [6.07, 6.45) is 0.158. The van der Waals surface area contributed by atoms with Gasteiger partial charge in [0, 0.05) is 24.2 Å². The fraction of sp³-hybridized carbons (Fsp3) is 0.158. The fourth-order valence-electron chi connectivity index (χ4n) is 2.96. The summed E-state index contributed by atoms with van der Waals surface area (Å²) < 4.78 is 31.5. The van der Waals surface area contributed by atoms with Crippen LogP contribution in [0.5, 0.6) is 0 Å². The molecule has 0 bridgehead atoms. The van der Waals surface area contributed by atoms with E-state index in [0.29, 0.717) is 12.2 Å². The van der Waals surface area contributed by atoms with Crippen LogP contribution in [0.1, 0.15) is 28.6 Å². The van der Waals surface area contributed by atoms with Gasteiger partial charge < -0.3 is 9.32 Å². The van der Waals surface area contributed by atoms with E-state index in [1.54, 1.807) is 0 Å². The molecule has 7 nitrogen and oxygen atoms in total. The highest BCUT2D eigenvalue weighted by Crippen LogP contribution is 2.31. The molecule has 2 amide bonds. The second-order valence-corrected chi connectivity index (χ2v) is 6.29. The zero-order chi connectivity index (χ0) is 19.7. The molecule has 4 rings (SSSR count). The predicted octanol–water partition coefficient (Wildman–Crippen LogP) is 3.12. The zero-order valence-corrected chi connectivity index (χ0v) is 14.4. The van der Waals surface area contributed by atoms with E-state index in [0.717, 1.165) is 0 Å². The zero-order valence-electron chi connectivity index (χ0n) is 14.4. The van der Waals surface area contributed by atoms with E-state index in [2.05, 4.69) is 15.5 Å². The molecule has 1 fully saturated rings. The Hall–Kier alpha value is -3.62. The lowest BCUT2D eigenvalue weighted by Gasteiger charge is -2.15. The number of hydrogen-bond acceptors (Lipinski definition) is 5. The van der Waals surface area contributed by atoms with Crippen molar-refractivity contribution >= 4 is 23.5 Å². The first-order valence-electron chi connectivity index (χ1n) is 8.46. The summed E-state index contributed by atoms with van der Waals surface area (Å²) in [5.41, 5.74) is 0.818. The average Bonchev–Trinajstić information content (AvgIpc) is 3.29. The largest absolute Gasteiger partial charge is 0.407 e. The second kappa shape index (κ2) is 7.18. The minimum Gasteiger partial charge on any atom is -0.407 e. The van der Waals surface area contributed by atoms with Crippen LogP contribution < -0.4 is 10.2 Å². The Morgan fingerprint density at radius 1 is 1.04 bits per heavy atom. The molecule has 1 aliphatic heterocycles. The molecule has 2 heterocycles. The number of hydrogen-bond donors (Lipinski definition) is 1. The lowest BCUT2D eigenvalue weighted by molar-refractivity contribution is -0.117. The summed E-state index contributed by atoms with van der Waals surface area (Å²) in [5.74, 6) is -1.63. The molecule has 1 aromatic heterocycles. The SMILES string of the molecule is O=C(Nc1nnc([C@H]2CC(=O)N(c3ccc(F)cc3)C2)o1)c1ccc(F)cc1. The summed E-state index contributed by atoms with van der Waals surface area (Å²) in [5, 5.41) is 10.1. The van der Waals surface area contributed by atoms with Gasteiger partial charge in [-0.05, 0) is 48.5 Å². The summed E-state index contributed by atoms with van der Waals surface area (Å²) >= 11 is 0. The van der Waals surface area contributed by atoms with Crippen molar-refractivity contribution < 1.29 is 22.8 Å². The van der Waals surface area contributed by atoms with Gasteiger partial charge in [0.25, 0.3) is 5.91 Å². The quantitative estimate of drug-likeness (QED) is 0.747. The third-order valence-electron chi connectivity index (χ3n) is 4.38. The van der Waals surface area contributed by atoms with E-state index < -0.39 is 11.7 Å². The number of nitrogens with one attached hydrogen (secondary N) is 1. The van der Waals surface area contributed by atoms with E-state index in [1.807, 2.05) is 0 Å². The van der Waals surface area contributed by atoms with Crippen LogP contribution in [0.4, 0.5) is 20.5 Å². The van der Waals surface area contributed by atoms with Crippen LogP contribution in [-0.2, 0) is 4.79 Å². The Morgan fingerprint density at radius 3 is 2.36 bits per heavy atom. The van der Waals surface area contributed by atoms with Crippen molar-refractivity contribution in [1.82, 2.24) is 10.2 Å². The fourth-order valence-corrected chi connectivity index (χ4v) is 2.96. The van der Waals surface area contributed by atoms with Crippen LogP contribution in [0, 0.1) is 11.6 Å². The minimum absolute atomic E-state index is 0.114. The van der Waals surface area contributed by atoms with Crippen LogP contribution in [0.15, 0.2) is 52.9 Å². The van der Waals surface area contributed by atoms with Crippen LogP contribution in [0.2, 0.25) is 0 Å². The average molecular weight is 384 g/mol. The van der Waals surface area contributed by atoms with Crippen molar-refractivity contribution in [2.75, 3.05) is 16.8 Å². The van der Waals surface area contributed by atoms with Crippen molar-refractivity contribution in [2.24, 2.45) is 0 Å². The number of benzene rings is 2. The maximum atomic E-state index is 13.1. The Morgan fingerprint density at radius 2 is 1.68 bits per heavy atom. The van der Waals surface area contributed by atoms with Crippen molar-refractivity contribution in [3.8, 4) is 0 Å². The van der Waals surface area contributed by atoms with Gasteiger partial charge in [-0.25, -0.2) is 8.78 Å². The number of rotatable bonds is 4. The lowest BCUT2D eigenvalue weighted by atomic mass is 10.1. The molecule has 9 heteroatoms. The predicted molar refractivity (Wildman–Crippen MR) is 94.8 cm³/mol. The Labute approximate surface area is 158 Å². The molecule has 0 spiro atoms. The number of carbonyl (C=O) groups is 2. The number of carbonyl (C=O) groups excluding carboxylic acids is 2. The van der Waals surface area contributed by atoms with E-state index in [4.69, 9.17) is 4.42 Å². The van der Waals surface area contributed by atoms with Gasteiger partial charge in [0.05, 0.1) is 5.92 Å². The van der Waals surface area contributed by atoms with Crippen LogP contribution in [0.3, 0.4) is 0 Å². The van der Waals surface area contributed by atoms with Gasteiger partial charge in [0.2, 0.25) is 11.8 Å². The van der Waals surface area contributed by atoms with Crippen LogP contribution in [0.25, 0.3) is 0 Å². The molecule has 1 atom stereocenters. The monoisotopic (exact) mass is 384 g/mol. The summed E-state index contributed by atoms with van der Waals surface area (Å²) in [4.78, 5) is 25.9. The molecule has 0 aliphatic carbocycles. The molecule has 1 saturated heterocycles. The van der Waals surface area contributed by atoms with E-state index in [-0.39, 0.29) is 41.5 Å². The Bertz CT molecular complexity index is 1020. The molecule has 1 N–H and O–H groups in total. The first-order chi connectivity index (χ1) is 13.5. The lowest BCUT2D eigenvalue weighted by Crippen LogP contribution is -2.24. The number of nitrogens with zero attached hydrogens (tertiary/aromatic N) is 3. The Balaban J connectivity index is 1.44. The molecular weight excluding hydrogens is 370 g/mol. The summed E-state index contributed by atoms with van der Waals surface area (Å²) in [6.45, 7) is 0.304. The number of amides is 2. The molecule has 0 unspecified atom stereocenters. The van der Waals surface area contributed by atoms with Gasteiger partial charge in [0.15, 0.2) is 0 Å². The van der Waals surface area contributed by atoms with E-state index >= 15 is 0 Å². The topological polar surface area (TPSA) is 88.3 Å². The molecule has 0 radical (unpaired) electrons. The smallest absolute Gasteiger partial charge is 0.322 e. The molecule has 2 aromatic carbocycles. The van der Waals surface area contributed by atoms with Crippen molar-refractivity contribution in [2.45, 2.75) is 12.3 Å². The molecular formula is C19H14F2N4O3. The Kier molecular flexibility index (Phi) is 4.56. The normalized spacial score (nSPS) is 16.4. The third-order valence-corrected chi connectivity index (χ3v) is 4.38. The molecule has 28 heavy (non-hydrogen) atoms. The highest BCUT2D eigenvalue weighted by molar-refractivity contribution is 6.03. The number of anilines is 2. The minimum atomic E-state index is -0.523. The van der Waals surface area contributed by atoms with Crippen LogP contribution >= 0.6 is 0 Å². The van der Waals surface area contributed by atoms with Crippen molar-refractivity contribution in [3.63, 3.8) is 0 Å². The maximum absolute atomic E-state index is 13.1.